The molecule has 0 atom stereocenters. The second-order valence-electron chi connectivity index (χ2n) is 8.52. The first kappa shape index (κ1) is 26.7. The van der Waals surface area contributed by atoms with Crippen LogP contribution in [0.25, 0.3) is 10.9 Å². The molecule has 0 aliphatic heterocycles. The fourth-order valence-corrected chi connectivity index (χ4v) is 3.44. The van der Waals surface area contributed by atoms with Crippen molar-refractivity contribution in [1.82, 2.24) is 9.97 Å². The number of anilines is 1. The molecule has 192 valence electrons. The molecule has 2 amide bonds. The summed E-state index contributed by atoms with van der Waals surface area (Å²) in [6.45, 7) is 3.51. The van der Waals surface area contributed by atoms with Gasteiger partial charge in [0.25, 0.3) is 5.91 Å². The van der Waals surface area contributed by atoms with Crippen molar-refractivity contribution in [1.29, 1.82) is 0 Å². The van der Waals surface area contributed by atoms with E-state index in [9.17, 15) is 14.4 Å². The number of nitrogens with one attached hydrogen (secondary N) is 2. The van der Waals surface area contributed by atoms with Crippen LogP contribution in [0.1, 0.15) is 40.1 Å². The molecule has 0 saturated carbocycles. The lowest BCUT2D eigenvalue weighted by molar-refractivity contribution is -0.122. The third-order valence-corrected chi connectivity index (χ3v) is 5.84. The molecule has 0 saturated heterocycles. The van der Waals surface area contributed by atoms with Gasteiger partial charge in [0.15, 0.2) is 11.5 Å². The summed E-state index contributed by atoms with van der Waals surface area (Å²) in [4.78, 5) is 41.2. The van der Waals surface area contributed by atoms with Crippen LogP contribution in [0.4, 0.5) is 5.69 Å². The second kappa shape index (κ2) is 11.3. The van der Waals surface area contributed by atoms with E-state index in [1.807, 2.05) is 0 Å². The first-order valence-corrected chi connectivity index (χ1v) is 11.2. The molecule has 0 aliphatic carbocycles. The molecule has 10 heteroatoms. The first-order valence-electron chi connectivity index (χ1n) is 11.2. The number of primary amides is 1. The van der Waals surface area contributed by atoms with E-state index in [2.05, 4.69) is 15.3 Å². The predicted octanol–water partition coefficient (Wildman–Crippen LogP) is 3.98. The number of aromatic amines is 1. The molecule has 2 heterocycles. The predicted molar refractivity (Wildman–Crippen MR) is 139 cm³/mol. The van der Waals surface area contributed by atoms with Crippen molar-refractivity contribution in [2.75, 3.05) is 19.5 Å². The normalized spacial score (nSPS) is 10.7. The zero-order valence-electron chi connectivity index (χ0n) is 20.9. The molecule has 0 radical (unpaired) electrons. The zero-order chi connectivity index (χ0) is 27.2. The summed E-state index contributed by atoms with van der Waals surface area (Å²) < 4.78 is 10.4. The van der Waals surface area contributed by atoms with Crippen LogP contribution in [0.3, 0.4) is 0 Å². The first-order chi connectivity index (χ1) is 17.6. The number of carbonyl (C=O) groups is 3. The van der Waals surface area contributed by atoms with Gasteiger partial charge in [-0.1, -0.05) is 12.1 Å². The molecule has 10 nitrogen and oxygen atoms in total. The Hall–Kier alpha value is -4.86. The van der Waals surface area contributed by atoms with Crippen LogP contribution < -0.4 is 20.5 Å². The Kier molecular flexibility index (Phi) is 8.13. The molecular weight excluding hydrogens is 476 g/mol. The Balaban J connectivity index is 0.000000262. The zero-order valence-corrected chi connectivity index (χ0v) is 20.9. The number of nitrogens with zero attached hydrogens (tertiary/aromatic N) is 1. The molecule has 4 rings (SSSR count). The van der Waals surface area contributed by atoms with Crippen molar-refractivity contribution in [2.24, 2.45) is 5.73 Å². The smallest absolute Gasteiger partial charge is 0.337 e. The maximum atomic E-state index is 12.4. The van der Waals surface area contributed by atoms with Crippen LogP contribution in [0.15, 0.2) is 67.1 Å². The summed E-state index contributed by atoms with van der Waals surface area (Å²) in [5.74, 6) is -0.573. The number of pyridine rings is 1. The lowest BCUT2D eigenvalue weighted by atomic mass is 9.84. The average molecular weight is 505 g/mol. The van der Waals surface area contributed by atoms with E-state index >= 15 is 0 Å². The van der Waals surface area contributed by atoms with Gasteiger partial charge in [-0.05, 0) is 55.8 Å². The number of carbonyl (C=O) groups excluding carboxylic acids is 2. The van der Waals surface area contributed by atoms with Gasteiger partial charge in [-0.25, -0.2) is 4.79 Å². The van der Waals surface area contributed by atoms with Crippen molar-refractivity contribution in [3.05, 3.63) is 83.8 Å². The van der Waals surface area contributed by atoms with Crippen molar-refractivity contribution in [2.45, 2.75) is 19.3 Å². The SMILES string of the molecule is COc1ccc(C(=O)Nc2ccc(C(C)(C)C(N)=O)cc2)cc1OC.O=C(O)c1c[nH]c2cnccc12. The molecule has 4 aromatic rings. The largest absolute Gasteiger partial charge is 0.493 e. The maximum Gasteiger partial charge on any atom is 0.337 e. The quantitative estimate of drug-likeness (QED) is 0.296. The molecule has 37 heavy (non-hydrogen) atoms. The molecule has 2 aromatic carbocycles. The number of carboxylic acid groups (broad SMARTS) is 1. The Morgan fingerprint density at radius 2 is 1.68 bits per heavy atom. The van der Waals surface area contributed by atoms with E-state index in [4.69, 9.17) is 20.3 Å². The summed E-state index contributed by atoms with van der Waals surface area (Å²) in [6, 6.07) is 13.6. The highest BCUT2D eigenvalue weighted by Gasteiger charge is 2.27. The minimum atomic E-state index is -0.924. The summed E-state index contributed by atoms with van der Waals surface area (Å²) >= 11 is 0. The molecule has 5 N–H and O–H groups in total. The standard InChI is InChI=1S/C19H22N2O4.C8H6N2O2/c1-19(2,18(20)23)13-6-8-14(9-7-13)21-17(22)12-5-10-15(24-3)16(11-12)25-4;11-8(12)6-3-10-7-4-9-2-1-5(6)7/h5-11H,1-4H3,(H2,20,23)(H,21,22);1-4,10H,(H,11,12). The van der Waals surface area contributed by atoms with E-state index in [-0.39, 0.29) is 11.5 Å². The van der Waals surface area contributed by atoms with Gasteiger partial charge in [-0.15, -0.1) is 0 Å². The number of benzene rings is 2. The topological polar surface area (TPSA) is 157 Å². The van der Waals surface area contributed by atoms with Crippen LogP contribution in [-0.2, 0) is 10.2 Å². The van der Waals surface area contributed by atoms with E-state index < -0.39 is 17.3 Å². The van der Waals surface area contributed by atoms with E-state index in [1.165, 1.54) is 20.4 Å². The summed E-state index contributed by atoms with van der Waals surface area (Å²) in [5.41, 5.74) is 7.52. The number of methoxy groups -OCH3 is 2. The van der Waals surface area contributed by atoms with E-state index in [0.29, 0.717) is 28.1 Å². The second-order valence-corrected chi connectivity index (χ2v) is 8.52. The van der Waals surface area contributed by atoms with Crippen LogP contribution in [-0.4, -0.2) is 47.1 Å². The number of H-pyrrole nitrogens is 1. The van der Waals surface area contributed by atoms with Crippen molar-refractivity contribution in [3.63, 3.8) is 0 Å². The van der Waals surface area contributed by atoms with Crippen LogP contribution in [0, 0.1) is 0 Å². The van der Waals surface area contributed by atoms with Crippen molar-refractivity contribution in [3.8, 4) is 11.5 Å². The number of aromatic carboxylic acids is 1. The van der Waals surface area contributed by atoms with Gasteiger partial charge in [-0.2, -0.15) is 0 Å². The minimum Gasteiger partial charge on any atom is -0.493 e. The Bertz CT molecular complexity index is 1430. The Labute approximate surface area is 213 Å². The van der Waals surface area contributed by atoms with Crippen LogP contribution in [0.5, 0.6) is 11.5 Å². The molecule has 0 fully saturated rings. The van der Waals surface area contributed by atoms with Gasteiger partial charge in [-0.3, -0.25) is 14.6 Å². The maximum absolute atomic E-state index is 12.4. The lowest BCUT2D eigenvalue weighted by Crippen LogP contribution is -2.35. The Morgan fingerprint density at radius 1 is 1.00 bits per heavy atom. The number of carboxylic acids is 1. The van der Waals surface area contributed by atoms with Crippen LogP contribution in [0.2, 0.25) is 0 Å². The molecule has 2 aromatic heterocycles. The number of rotatable bonds is 7. The number of ether oxygens (including phenoxy) is 2. The highest BCUT2D eigenvalue weighted by Crippen LogP contribution is 2.28. The number of aromatic nitrogens is 2. The number of fused-ring (bicyclic) bond motifs is 1. The summed E-state index contributed by atoms with van der Waals surface area (Å²) in [7, 11) is 3.05. The molecule has 0 spiro atoms. The molecular formula is C27H28N4O6. The van der Waals surface area contributed by atoms with Gasteiger partial charge in [0.05, 0.1) is 36.9 Å². The third kappa shape index (κ3) is 6.04. The summed E-state index contributed by atoms with van der Waals surface area (Å²) in [5, 5.41) is 12.2. The third-order valence-electron chi connectivity index (χ3n) is 5.84. The average Bonchev–Trinajstić information content (AvgIpc) is 3.33. The summed E-state index contributed by atoms with van der Waals surface area (Å²) in [6.07, 6.45) is 4.64. The monoisotopic (exact) mass is 504 g/mol. The Morgan fingerprint density at radius 3 is 2.27 bits per heavy atom. The number of amides is 2. The number of nitrogens with two attached hydrogens (primary N) is 1. The molecule has 0 unspecified atom stereocenters. The highest BCUT2D eigenvalue weighted by atomic mass is 16.5. The fraction of sp³-hybridized carbons (Fsp3) is 0.185. The van der Waals surface area contributed by atoms with E-state index in [1.54, 1.807) is 74.8 Å². The lowest BCUT2D eigenvalue weighted by Gasteiger charge is -2.21. The fourth-order valence-electron chi connectivity index (χ4n) is 3.44. The van der Waals surface area contributed by atoms with Crippen LogP contribution >= 0.6 is 0 Å². The van der Waals surface area contributed by atoms with Crippen molar-refractivity contribution >= 4 is 34.4 Å². The van der Waals surface area contributed by atoms with Gasteiger partial charge in [0, 0.05) is 29.0 Å². The van der Waals surface area contributed by atoms with Gasteiger partial charge < -0.3 is 30.6 Å². The van der Waals surface area contributed by atoms with E-state index in [0.717, 1.165) is 11.1 Å². The molecule has 0 bridgehead atoms. The highest BCUT2D eigenvalue weighted by molar-refractivity contribution is 6.05. The molecule has 0 aliphatic rings. The minimum absolute atomic E-state index is 0.275. The van der Waals surface area contributed by atoms with Crippen molar-refractivity contribution < 1.29 is 29.0 Å². The van der Waals surface area contributed by atoms with Gasteiger partial charge >= 0.3 is 5.97 Å². The number of hydrogen-bond acceptors (Lipinski definition) is 6. The number of hydrogen-bond donors (Lipinski definition) is 4. The van der Waals surface area contributed by atoms with Gasteiger partial charge in [0.1, 0.15) is 0 Å². The van der Waals surface area contributed by atoms with Gasteiger partial charge in [0.2, 0.25) is 5.91 Å².